The molecular formula is C13H12ClN3. The van der Waals surface area contributed by atoms with Crippen molar-refractivity contribution in [1.82, 2.24) is 4.98 Å². The molecule has 0 saturated heterocycles. The SMILES string of the molecule is Clc1ccc(NN=CCc2ccccc2)nc1. The minimum absolute atomic E-state index is 0.615. The smallest absolute Gasteiger partial charge is 0.146 e. The minimum atomic E-state index is 0.615. The average molecular weight is 246 g/mol. The van der Waals surface area contributed by atoms with Crippen LogP contribution in [0.2, 0.25) is 5.02 Å². The molecule has 0 radical (unpaired) electrons. The second-order valence-corrected chi connectivity index (χ2v) is 3.91. The highest BCUT2D eigenvalue weighted by atomic mass is 35.5. The highest BCUT2D eigenvalue weighted by Gasteiger charge is 1.91. The van der Waals surface area contributed by atoms with E-state index in [9.17, 15) is 0 Å². The van der Waals surface area contributed by atoms with Crippen molar-refractivity contribution in [3.63, 3.8) is 0 Å². The molecule has 0 atom stereocenters. The molecule has 17 heavy (non-hydrogen) atoms. The van der Waals surface area contributed by atoms with Gasteiger partial charge in [-0.3, -0.25) is 5.43 Å². The minimum Gasteiger partial charge on any atom is -0.262 e. The van der Waals surface area contributed by atoms with Gasteiger partial charge in [-0.05, 0) is 17.7 Å². The quantitative estimate of drug-likeness (QED) is 0.662. The van der Waals surface area contributed by atoms with E-state index in [1.54, 1.807) is 18.3 Å². The lowest BCUT2D eigenvalue weighted by molar-refractivity contribution is 1.21. The lowest BCUT2D eigenvalue weighted by atomic mass is 10.2. The molecule has 86 valence electrons. The summed E-state index contributed by atoms with van der Waals surface area (Å²) in [6.45, 7) is 0. The maximum atomic E-state index is 5.72. The number of benzene rings is 1. The lowest BCUT2D eigenvalue weighted by Crippen LogP contribution is -1.93. The van der Waals surface area contributed by atoms with Crippen LogP contribution in [0.5, 0.6) is 0 Å². The second kappa shape index (κ2) is 6.01. The molecule has 1 N–H and O–H groups in total. The zero-order valence-corrected chi connectivity index (χ0v) is 9.93. The van der Waals surface area contributed by atoms with Gasteiger partial charge in [-0.15, -0.1) is 0 Å². The maximum Gasteiger partial charge on any atom is 0.146 e. The second-order valence-electron chi connectivity index (χ2n) is 3.47. The Hall–Kier alpha value is -1.87. The first kappa shape index (κ1) is 11.6. The molecule has 0 spiro atoms. The number of rotatable bonds is 4. The molecule has 0 bridgehead atoms. The molecule has 2 rings (SSSR count). The molecule has 0 amide bonds. The molecule has 0 saturated carbocycles. The third kappa shape index (κ3) is 3.89. The Morgan fingerprint density at radius 3 is 2.71 bits per heavy atom. The van der Waals surface area contributed by atoms with Crippen molar-refractivity contribution in [1.29, 1.82) is 0 Å². The van der Waals surface area contributed by atoms with E-state index in [0.717, 1.165) is 6.42 Å². The number of hydrazone groups is 1. The Bertz CT molecular complexity index is 480. The van der Waals surface area contributed by atoms with Gasteiger partial charge < -0.3 is 0 Å². The number of halogens is 1. The van der Waals surface area contributed by atoms with Gasteiger partial charge in [0, 0.05) is 18.8 Å². The molecule has 1 heterocycles. The number of hydrogen-bond acceptors (Lipinski definition) is 3. The van der Waals surface area contributed by atoms with Gasteiger partial charge in [-0.25, -0.2) is 4.98 Å². The van der Waals surface area contributed by atoms with E-state index >= 15 is 0 Å². The van der Waals surface area contributed by atoms with Gasteiger partial charge in [0.1, 0.15) is 5.82 Å². The molecule has 0 aliphatic rings. The standard InChI is InChI=1S/C13H12ClN3/c14-12-6-7-13(15-10-12)17-16-9-8-11-4-2-1-3-5-11/h1-7,9-10H,8H2,(H,15,17). The predicted molar refractivity (Wildman–Crippen MR) is 71.5 cm³/mol. The largest absolute Gasteiger partial charge is 0.262 e. The van der Waals surface area contributed by atoms with Crippen LogP contribution in [-0.4, -0.2) is 11.2 Å². The molecule has 3 nitrogen and oxygen atoms in total. The summed E-state index contributed by atoms with van der Waals surface area (Å²) in [7, 11) is 0. The van der Waals surface area contributed by atoms with Gasteiger partial charge in [0.05, 0.1) is 5.02 Å². The third-order valence-electron chi connectivity index (χ3n) is 2.17. The molecule has 2 aromatic rings. The van der Waals surface area contributed by atoms with Gasteiger partial charge >= 0.3 is 0 Å². The molecule has 0 fully saturated rings. The molecule has 1 aromatic carbocycles. The van der Waals surface area contributed by atoms with Crippen molar-refractivity contribution in [3.8, 4) is 0 Å². The van der Waals surface area contributed by atoms with E-state index in [1.165, 1.54) is 5.56 Å². The number of nitrogens with zero attached hydrogens (tertiary/aromatic N) is 2. The summed E-state index contributed by atoms with van der Waals surface area (Å²) >= 11 is 5.72. The van der Waals surface area contributed by atoms with Crippen molar-refractivity contribution in [2.45, 2.75) is 6.42 Å². The van der Waals surface area contributed by atoms with Crippen molar-refractivity contribution < 1.29 is 0 Å². The first-order chi connectivity index (χ1) is 8.34. The van der Waals surface area contributed by atoms with Crippen LogP contribution in [0.1, 0.15) is 5.56 Å². The fourth-order valence-corrected chi connectivity index (χ4v) is 1.43. The Kier molecular flexibility index (Phi) is 4.11. The molecule has 1 aromatic heterocycles. The number of anilines is 1. The van der Waals surface area contributed by atoms with E-state index in [4.69, 9.17) is 11.6 Å². The Morgan fingerprint density at radius 1 is 1.18 bits per heavy atom. The summed E-state index contributed by atoms with van der Waals surface area (Å²) in [6.07, 6.45) is 4.18. The van der Waals surface area contributed by atoms with Gasteiger partial charge in [-0.1, -0.05) is 41.9 Å². The highest BCUT2D eigenvalue weighted by molar-refractivity contribution is 6.30. The van der Waals surface area contributed by atoms with Crippen LogP contribution in [0.15, 0.2) is 53.8 Å². The van der Waals surface area contributed by atoms with Crippen molar-refractivity contribution in [2.75, 3.05) is 5.43 Å². The van der Waals surface area contributed by atoms with E-state index < -0.39 is 0 Å². The zero-order chi connectivity index (χ0) is 11.9. The normalized spacial score (nSPS) is 10.6. The van der Waals surface area contributed by atoms with Gasteiger partial charge in [0.15, 0.2) is 0 Å². The fourth-order valence-electron chi connectivity index (χ4n) is 1.32. The predicted octanol–water partition coefficient (Wildman–Crippen LogP) is 3.38. The average Bonchev–Trinajstić information content (AvgIpc) is 2.38. The molecule has 0 unspecified atom stereocenters. The number of hydrogen-bond donors (Lipinski definition) is 1. The van der Waals surface area contributed by atoms with Crippen LogP contribution in [0, 0.1) is 0 Å². The molecular weight excluding hydrogens is 234 g/mol. The number of aromatic nitrogens is 1. The highest BCUT2D eigenvalue weighted by Crippen LogP contribution is 2.09. The topological polar surface area (TPSA) is 37.3 Å². The number of nitrogens with one attached hydrogen (secondary N) is 1. The summed E-state index contributed by atoms with van der Waals surface area (Å²) in [5.74, 6) is 0.679. The van der Waals surface area contributed by atoms with Crippen molar-refractivity contribution >= 4 is 23.6 Å². The Morgan fingerprint density at radius 2 is 2.00 bits per heavy atom. The molecule has 0 aliphatic carbocycles. The van der Waals surface area contributed by atoms with Crippen LogP contribution in [0.4, 0.5) is 5.82 Å². The molecule has 4 heteroatoms. The fraction of sp³-hybridized carbons (Fsp3) is 0.0769. The first-order valence-electron chi connectivity index (χ1n) is 5.27. The lowest BCUT2D eigenvalue weighted by Gasteiger charge is -1.98. The monoisotopic (exact) mass is 245 g/mol. The van der Waals surface area contributed by atoms with Crippen molar-refractivity contribution in [3.05, 3.63) is 59.2 Å². The summed E-state index contributed by atoms with van der Waals surface area (Å²) < 4.78 is 0. The van der Waals surface area contributed by atoms with E-state index in [1.807, 2.05) is 24.4 Å². The van der Waals surface area contributed by atoms with Crippen LogP contribution in [0.25, 0.3) is 0 Å². The number of pyridine rings is 1. The van der Waals surface area contributed by atoms with Crippen LogP contribution >= 0.6 is 11.6 Å². The summed E-state index contributed by atoms with van der Waals surface area (Å²) in [6, 6.07) is 13.7. The first-order valence-corrected chi connectivity index (χ1v) is 5.65. The van der Waals surface area contributed by atoms with Gasteiger partial charge in [0.2, 0.25) is 0 Å². The van der Waals surface area contributed by atoms with Crippen LogP contribution < -0.4 is 5.43 Å². The van der Waals surface area contributed by atoms with Crippen molar-refractivity contribution in [2.24, 2.45) is 5.10 Å². The Balaban J connectivity index is 1.84. The summed E-state index contributed by atoms with van der Waals surface area (Å²) in [5.41, 5.74) is 4.07. The summed E-state index contributed by atoms with van der Waals surface area (Å²) in [5, 5.41) is 4.70. The maximum absolute atomic E-state index is 5.72. The van der Waals surface area contributed by atoms with E-state index in [0.29, 0.717) is 10.8 Å². The third-order valence-corrected chi connectivity index (χ3v) is 2.39. The molecule has 0 aliphatic heterocycles. The Labute approximate surface area is 105 Å². The van der Waals surface area contributed by atoms with Gasteiger partial charge in [0.25, 0.3) is 0 Å². The van der Waals surface area contributed by atoms with E-state index in [-0.39, 0.29) is 0 Å². The van der Waals surface area contributed by atoms with Crippen LogP contribution in [0.3, 0.4) is 0 Å². The van der Waals surface area contributed by atoms with Gasteiger partial charge in [-0.2, -0.15) is 5.10 Å². The van der Waals surface area contributed by atoms with E-state index in [2.05, 4.69) is 27.6 Å². The summed E-state index contributed by atoms with van der Waals surface area (Å²) in [4.78, 5) is 4.07. The zero-order valence-electron chi connectivity index (χ0n) is 9.18. The van der Waals surface area contributed by atoms with Crippen LogP contribution in [-0.2, 0) is 6.42 Å².